The van der Waals surface area contributed by atoms with E-state index >= 15 is 0 Å². The topological polar surface area (TPSA) is 96.6 Å². The van der Waals surface area contributed by atoms with Gasteiger partial charge in [0, 0.05) is 38.4 Å². The first-order chi connectivity index (χ1) is 10.5. The zero-order valence-corrected chi connectivity index (χ0v) is 12.9. The minimum atomic E-state index is -3.32. The number of sulfonamides is 1. The molecule has 9 heteroatoms. The number of anilines is 1. The van der Waals surface area contributed by atoms with E-state index in [2.05, 4.69) is 4.98 Å². The number of hydrogen-bond acceptors (Lipinski definition) is 6. The maximum atomic E-state index is 12.6. The van der Waals surface area contributed by atoms with Crippen molar-refractivity contribution in [1.82, 2.24) is 9.29 Å². The van der Waals surface area contributed by atoms with Crippen LogP contribution in [-0.2, 0) is 10.0 Å². The number of aromatic nitrogens is 1. The summed E-state index contributed by atoms with van der Waals surface area (Å²) < 4.78 is 26.7. The van der Waals surface area contributed by atoms with Gasteiger partial charge >= 0.3 is 5.69 Å². The molecule has 1 aromatic heterocycles. The lowest BCUT2D eigenvalue weighted by molar-refractivity contribution is -0.384. The summed E-state index contributed by atoms with van der Waals surface area (Å²) in [7, 11) is -3.32. The molecule has 1 aromatic rings. The molecule has 0 aromatic carbocycles. The van der Waals surface area contributed by atoms with E-state index in [1.54, 1.807) is 9.21 Å². The van der Waals surface area contributed by atoms with Gasteiger partial charge in [-0.2, -0.15) is 0 Å². The lowest BCUT2D eigenvalue weighted by Gasteiger charge is -2.21. The average molecular weight is 326 g/mol. The standard InChI is InChI=1S/C13H18N4O4S/c18-17(19)12-4-3-6-14-13(12)15-9-5-11(10-15)22(20,21)16-7-1-2-8-16/h3-4,6,11H,1-2,5,7-10H2. The molecular formula is C13H18N4O4S. The molecule has 1 unspecified atom stereocenters. The molecule has 22 heavy (non-hydrogen) atoms. The van der Waals surface area contributed by atoms with Crippen LogP contribution in [0.2, 0.25) is 0 Å². The van der Waals surface area contributed by atoms with E-state index in [1.165, 1.54) is 18.3 Å². The van der Waals surface area contributed by atoms with Crippen LogP contribution in [0.1, 0.15) is 19.3 Å². The Morgan fingerprint density at radius 1 is 1.27 bits per heavy atom. The summed E-state index contributed by atoms with van der Waals surface area (Å²) in [6.07, 6.45) is 3.78. The van der Waals surface area contributed by atoms with E-state index in [1.807, 2.05) is 0 Å². The molecule has 2 aliphatic heterocycles. The zero-order chi connectivity index (χ0) is 15.7. The van der Waals surface area contributed by atoms with Gasteiger partial charge < -0.3 is 4.90 Å². The Bertz CT molecular complexity index is 672. The van der Waals surface area contributed by atoms with Gasteiger partial charge in [0.05, 0.1) is 10.2 Å². The van der Waals surface area contributed by atoms with E-state index < -0.39 is 20.2 Å². The molecule has 0 saturated carbocycles. The molecule has 1 atom stereocenters. The van der Waals surface area contributed by atoms with Gasteiger partial charge in [-0.1, -0.05) is 0 Å². The van der Waals surface area contributed by atoms with Crippen LogP contribution in [0.5, 0.6) is 0 Å². The maximum absolute atomic E-state index is 12.6. The largest absolute Gasteiger partial charge is 0.349 e. The molecule has 0 radical (unpaired) electrons. The number of rotatable bonds is 4. The molecule has 2 aliphatic rings. The van der Waals surface area contributed by atoms with Crippen molar-refractivity contribution in [2.24, 2.45) is 0 Å². The Morgan fingerprint density at radius 2 is 2.00 bits per heavy atom. The molecule has 2 saturated heterocycles. The first-order valence-corrected chi connectivity index (χ1v) is 8.84. The van der Waals surface area contributed by atoms with Crippen LogP contribution in [0.15, 0.2) is 18.3 Å². The summed E-state index contributed by atoms with van der Waals surface area (Å²) in [4.78, 5) is 16.4. The van der Waals surface area contributed by atoms with Crippen LogP contribution in [0.25, 0.3) is 0 Å². The lowest BCUT2D eigenvalue weighted by Crippen LogP contribution is -2.38. The minimum Gasteiger partial charge on any atom is -0.349 e. The Labute approximate surface area is 128 Å². The zero-order valence-electron chi connectivity index (χ0n) is 12.1. The summed E-state index contributed by atoms with van der Waals surface area (Å²) >= 11 is 0. The monoisotopic (exact) mass is 326 g/mol. The molecule has 120 valence electrons. The molecule has 3 rings (SSSR count). The highest BCUT2D eigenvalue weighted by Crippen LogP contribution is 2.31. The van der Waals surface area contributed by atoms with Gasteiger partial charge in [0.15, 0.2) is 0 Å². The van der Waals surface area contributed by atoms with Gasteiger partial charge in [0.25, 0.3) is 0 Å². The van der Waals surface area contributed by atoms with E-state index in [9.17, 15) is 18.5 Å². The molecule has 3 heterocycles. The summed E-state index contributed by atoms with van der Waals surface area (Å²) in [5.74, 6) is 0.256. The van der Waals surface area contributed by atoms with Crippen molar-refractivity contribution in [3.63, 3.8) is 0 Å². The molecule has 0 aliphatic carbocycles. The molecule has 0 bridgehead atoms. The van der Waals surface area contributed by atoms with E-state index in [0.29, 0.717) is 26.1 Å². The summed E-state index contributed by atoms with van der Waals surface area (Å²) in [6, 6.07) is 2.90. The van der Waals surface area contributed by atoms with Crippen molar-refractivity contribution in [3.8, 4) is 0 Å². The normalized spacial score (nSPS) is 23.1. The predicted octanol–water partition coefficient (Wildman–Crippen LogP) is 0.994. The van der Waals surface area contributed by atoms with Crippen LogP contribution < -0.4 is 4.90 Å². The third kappa shape index (κ3) is 2.66. The fourth-order valence-corrected chi connectivity index (χ4v) is 5.05. The number of nitro groups is 1. The number of hydrogen-bond donors (Lipinski definition) is 0. The van der Waals surface area contributed by atoms with Crippen LogP contribution >= 0.6 is 0 Å². The van der Waals surface area contributed by atoms with Crippen LogP contribution in [0.4, 0.5) is 11.5 Å². The lowest BCUT2D eigenvalue weighted by atomic mass is 10.3. The maximum Gasteiger partial charge on any atom is 0.311 e. The van der Waals surface area contributed by atoms with Crippen molar-refractivity contribution in [2.75, 3.05) is 31.1 Å². The minimum absolute atomic E-state index is 0.0817. The van der Waals surface area contributed by atoms with Gasteiger partial charge in [-0.25, -0.2) is 17.7 Å². The van der Waals surface area contributed by atoms with E-state index in [-0.39, 0.29) is 18.1 Å². The van der Waals surface area contributed by atoms with Crippen LogP contribution in [0.3, 0.4) is 0 Å². The fourth-order valence-electron chi connectivity index (χ4n) is 3.09. The van der Waals surface area contributed by atoms with Crippen LogP contribution in [-0.4, -0.2) is 54.1 Å². The Balaban J connectivity index is 1.79. The predicted molar refractivity (Wildman–Crippen MR) is 81.2 cm³/mol. The SMILES string of the molecule is O=[N+]([O-])c1cccnc1N1CCC(S(=O)(=O)N2CCCC2)C1. The molecule has 8 nitrogen and oxygen atoms in total. The quantitative estimate of drug-likeness (QED) is 0.605. The van der Waals surface area contributed by atoms with Gasteiger partial charge in [-0.3, -0.25) is 10.1 Å². The summed E-state index contributed by atoms with van der Waals surface area (Å²) in [6.45, 7) is 1.90. The fraction of sp³-hybridized carbons (Fsp3) is 0.615. The van der Waals surface area contributed by atoms with Crippen molar-refractivity contribution < 1.29 is 13.3 Å². The Morgan fingerprint density at radius 3 is 2.68 bits per heavy atom. The highest BCUT2D eigenvalue weighted by Gasteiger charge is 2.39. The third-order valence-corrected chi connectivity index (χ3v) is 6.57. The average Bonchev–Trinajstić information content (AvgIpc) is 3.19. The van der Waals surface area contributed by atoms with E-state index in [0.717, 1.165) is 12.8 Å². The number of pyridine rings is 1. The molecular weight excluding hydrogens is 308 g/mol. The second kappa shape index (κ2) is 5.81. The van der Waals surface area contributed by atoms with Gasteiger partial charge in [0.1, 0.15) is 0 Å². The second-order valence-electron chi connectivity index (χ2n) is 5.61. The smallest absolute Gasteiger partial charge is 0.311 e. The Hall–Kier alpha value is -1.74. The highest BCUT2D eigenvalue weighted by atomic mass is 32.2. The molecule has 2 fully saturated rings. The summed E-state index contributed by atoms with van der Waals surface area (Å²) in [5, 5.41) is 10.6. The van der Waals surface area contributed by atoms with Crippen molar-refractivity contribution in [1.29, 1.82) is 0 Å². The summed E-state index contributed by atoms with van der Waals surface area (Å²) in [5.41, 5.74) is -0.0817. The van der Waals surface area contributed by atoms with E-state index in [4.69, 9.17) is 0 Å². The first-order valence-electron chi connectivity index (χ1n) is 7.33. The third-order valence-electron chi connectivity index (χ3n) is 4.25. The van der Waals surface area contributed by atoms with Gasteiger partial charge in [0.2, 0.25) is 15.8 Å². The number of nitrogens with zero attached hydrogens (tertiary/aromatic N) is 4. The molecule has 0 N–H and O–H groups in total. The van der Waals surface area contributed by atoms with Crippen LogP contribution in [0, 0.1) is 10.1 Å². The van der Waals surface area contributed by atoms with Gasteiger partial charge in [-0.05, 0) is 25.3 Å². The Kier molecular flexibility index (Phi) is 4.00. The highest BCUT2D eigenvalue weighted by molar-refractivity contribution is 7.89. The van der Waals surface area contributed by atoms with Gasteiger partial charge in [-0.15, -0.1) is 0 Å². The second-order valence-corrected chi connectivity index (χ2v) is 7.82. The first kappa shape index (κ1) is 15.2. The van der Waals surface area contributed by atoms with Crippen molar-refractivity contribution in [3.05, 3.63) is 28.4 Å². The van der Waals surface area contributed by atoms with Crippen molar-refractivity contribution in [2.45, 2.75) is 24.5 Å². The molecule has 0 spiro atoms. The molecule has 0 amide bonds. The van der Waals surface area contributed by atoms with Crippen molar-refractivity contribution >= 4 is 21.5 Å².